The molecule has 3 heterocycles. The van der Waals surface area contributed by atoms with Crippen LogP contribution in [0.4, 0.5) is 27.1 Å². The monoisotopic (exact) mass is 1180 g/mol. The first kappa shape index (κ1) is 71.0. The predicted octanol–water partition coefficient (Wildman–Crippen LogP) is 11.3. The van der Waals surface area contributed by atoms with Crippen molar-refractivity contribution in [2.45, 2.75) is 112 Å². The molecular weight excluding hydrogens is 1090 g/mol. The van der Waals surface area contributed by atoms with Gasteiger partial charge in [0.2, 0.25) is 10.0 Å². The van der Waals surface area contributed by atoms with Gasteiger partial charge >= 0.3 is 0 Å². The number of benzene rings is 4. The largest absolute Gasteiger partial charge is 0.497 e. The number of halogens is 2. The molecule has 3 aliphatic heterocycles. The van der Waals surface area contributed by atoms with Crippen molar-refractivity contribution in [1.29, 1.82) is 0 Å². The molecule has 0 radical (unpaired) electrons. The topological polar surface area (TPSA) is 178 Å². The van der Waals surface area contributed by atoms with E-state index >= 15 is 0 Å². The summed E-state index contributed by atoms with van der Waals surface area (Å²) in [6, 6.07) is 23.0. The van der Waals surface area contributed by atoms with Crippen molar-refractivity contribution in [1.82, 2.24) is 24.3 Å². The Morgan fingerprint density at radius 2 is 1.00 bits per heavy atom. The molecule has 458 valence electrons. The lowest BCUT2D eigenvalue weighted by Crippen LogP contribution is -2.38. The van der Waals surface area contributed by atoms with Gasteiger partial charge in [0.05, 0.1) is 21.9 Å². The van der Waals surface area contributed by atoms with E-state index in [0.717, 1.165) is 106 Å². The van der Waals surface area contributed by atoms with E-state index in [4.69, 9.17) is 4.74 Å². The van der Waals surface area contributed by atoms with E-state index in [2.05, 4.69) is 83.5 Å². The Hall–Kier alpha value is -5.28. The van der Waals surface area contributed by atoms with Crippen LogP contribution in [-0.2, 0) is 21.2 Å². The van der Waals surface area contributed by atoms with Crippen molar-refractivity contribution in [2.24, 2.45) is 17.8 Å². The predicted molar refractivity (Wildman–Crippen MR) is 334 cm³/mol. The molecule has 3 aliphatic rings. The molecule has 4 aromatic carbocycles. The van der Waals surface area contributed by atoms with E-state index in [-0.39, 0.29) is 52.3 Å². The van der Waals surface area contributed by atoms with Crippen molar-refractivity contribution < 1.29 is 32.2 Å². The summed E-state index contributed by atoms with van der Waals surface area (Å²) in [5.74, 6) is 2.68. The molecule has 20 heteroatoms. The van der Waals surface area contributed by atoms with Gasteiger partial charge in [-0.25, -0.2) is 17.1 Å². The molecule has 0 aliphatic carbocycles. The number of Topliss-reactive ketones (excluding diaryl/α,β-unsaturated/α-hetero) is 1. The number of carbonyl (C=O) groups excluding carboxylic acids is 1. The maximum absolute atomic E-state index is 13.2. The third-order valence-corrected chi connectivity index (χ3v) is 18.3. The molecule has 0 amide bonds. The summed E-state index contributed by atoms with van der Waals surface area (Å²) in [4.78, 5) is 45.1. The highest BCUT2D eigenvalue weighted by atomic mass is 35.5. The van der Waals surface area contributed by atoms with Crippen molar-refractivity contribution >= 4 is 51.0 Å². The number of carbonyl (C=O) groups is 1. The average Bonchev–Trinajstić information content (AvgIpc) is 3.65. The van der Waals surface area contributed by atoms with Crippen molar-refractivity contribution in [3.8, 4) is 5.75 Å². The first-order valence-electron chi connectivity index (χ1n) is 29.5. The van der Waals surface area contributed by atoms with Crippen LogP contribution in [0.15, 0.2) is 89.8 Å². The van der Waals surface area contributed by atoms with Crippen LogP contribution in [-0.4, -0.2) is 162 Å². The molecule has 1 N–H and O–H groups in total. The Bertz CT molecular complexity index is 2560. The van der Waals surface area contributed by atoms with E-state index in [1.807, 2.05) is 24.3 Å². The fraction of sp³-hybridized carbons (Fsp3) is 0.597. The number of anilines is 2. The molecule has 0 bridgehead atoms. The Kier molecular flexibility index (Phi) is 32.1. The fourth-order valence-corrected chi connectivity index (χ4v) is 12.4. The summed E-state index contributed by atoms with van der Waals surface area (Å²) in [5.41, 5.74) is 4.60. The van der Waals surface area contributed by atoms with E-state index < -0.39 is 20.8 Å². The number of ether oxygens (including phenoxy) is 1. The molecule has 3 fully saturated rings. The number of rotatable bonds is 24. The Morgan fingerprint density at radius 1 is 0.634 bits per heavy atom. The molecule has 0 spiro atoms. The average molecular weight is 1180 g/mol. The van der Waals surface area contributed by atoms with Crippen LogP contribution in [0, 0.1) is 57.6 Å². The molecule has 0 aromatic heterocycles. The normalized spacial score (nSPS) is 15.2. The van der Waals surface area contributed by atoms with Gasteiger partial charge < -0.3 is 34.6 Å². The second-order valence-electron chi connectivity index (χ2n) is 21.6. The highest BCUT2D eigenvalue weighted by Crippen LogP contribution is 2.30. The van der Waals surface area contributed by atoms with Crippen molar-refractivity contribution in [3.05, 3.63) is 128 Å². The number of methoxy groups -OCH3 is 1. The van der Waals surface area contributed by atoms with E-state index in [1.54, 1.807) is 45.2 Å². The number of hydrogen-bond acceptors (Lipinski definition) is 14. The highest BCUT2D eigenvalue weighted by molar-refractivity contribution is 7.89. The van der Waals surface area contributed by atoms with Crippen LogP contribution < -0.4 is 19.9 Å². The summed E-state index contributed by atoms with van der Waals surface area (Å²) < 4.78 is 45.1. The molecule has 82 heavy (non-hydrogen) atoms. The summed E-state index contributed by atoms with van der Waals surface area (Å²) >= 11 is 0. The number of nitrogens with one attached hydrogen (secondary N) is 1. The lowest BCUT2D eigenvalue weighted by atomic mass is 9.95. The van der Waals surface area contributed by atoms with Crippen molar-refractivity contribution in [3.63, 3.8) is 0 Å². The molecule has 4 aromatic rings. The van der Waals surface area contributed by atoms with Gasteiger partial charge in [0, 0.05) is 108 Å². The fourth-order valence-electron chi connectivity index (χ4n) is 10.8. The Labute approximate surface area is 496 Å². The zero-order valence-electron chi connectivity index (χ0n) is 50.8. The minimum atomic E-state index is -3.71. The zero-order valence-corrected chi connectivity index (χ0v) is 52.5. The quantitative estimate of drug-likeness (QED) is 0.0517. The van der Waals surface area contributed by atoms with Crippen LogP contribution in [0.3, 0.4) is 0 Å². The summed E-state index contributed by atoms with van der Waals surface area (Å²) in [7, 11) is -0.615. The third kappa shape index (κ3) is 23.4. The van der Waals surface area contributed by atoms with Crippen LogP contribution in [0.1, 0.15) is 103 Å². The minimum absolute atomic E-state index is 0. The maximum atomic E-state index is 13.2. The third-order valence-electron chi connectivity index (χ3n) is 16.1. The first-order valence-corrected chi connectivity index (χ1v) is 31.0. The summed E-state index contributed by atoms with van der Waals surface area (Å²) in [5, 5.41) is 24.1. The van der Waals surface area contributed by atoms with Gasteiger partial charge in [0.25, 0.3) is 11.4 Å². The lowest BCUT2D eigenvalue weighted by Gasteiger charge is -2.35. The maximum Gasteiger partial charge on any atom is 0.269 e. The first-order chi connectivity index (χ1) is 38.8. The molecule has 0 atom stereocenters. The Morgan fingerprint density at radius 3 is 1.37 bits per heavy atom. The van der Waals surface area contributed by atoms with Gasteiger partial charge in [-0.1, -0.05) is 53.7 Å². The Balaban J connectivity index is 0.000000332. The van der Waals surface area contributed by atoms with Crippen LogP contribution in [0.2, 0.25) is 0 Å². The number of ketones is 1. The van der Waals surface area contributed by atoms with E-state index in [0.29, 0.717) is 23.3 Å². The summed E-state index contributed by atoms with van der Waals surface area (Å²) in [6.07, 6.45) is 8.05. The molecule has 0 saturated carbocycles. The number of aryl methyl sites for hydroxylation is 2. The lowest BCUT2D eigenvalue weighted by molar-refractivity contribution is -0.385. The SMILES string of the molecule is CCN(CC)CC1CCN(c2ccc(CC(=O)CCN(C)S(=O)(=O)c3c(C)cc(OC)cc3C)cc2)CC1.CCN(CC)CC1CCN(c2ccc([N+](=O)[O-])cc2)CC1.CCN(CC)CC1CCNCC1.Cl.O=[N+]([O-])c1ccc(F)cc1. The molecular formula is C62H97ClFN9O8S. The zero-order chi connectivity index (χ0) is 59.5. The molecule has 17 nitrogen and oxygen atoms in total. The van der Waals surface area contributed by atoms with E-state index in [1.165, 1.54) is 101 Å². The number of nitrogens with zero attached hydrogens (tertiary/aromatic N) is 8. The number of hydrogen-bond donors (Lipinski definition) is 1. The number of nitro groups is 2. The van der Waals surface area contributed by atoms with Crippen LogP contribution in [0.5, 0.6) is 5.75 Å². The number of piperidine rings is 3. The van der Waals surface area contributed by atoms with Gasteiger partial charge in [-0.05, 0) is 188 Å². The van der Waals surface area contributed by atoms with Gasteiger partial charge in [-0.2, -0.15) is 0 Å². The van der Waals surface area contributed by atoms with Crippen LogP contribution >= 0.6 is 12.4 Å². The number of sulfonamides is 1. The highest BCUT2D eigenvalue weighted by Gasteiger charge is 2.27. The number of nitro benzene ring substituents is 2. The standard InChI is InChI=1S/C30H45N3O4S.C16H25N3O2.C10H22N2.C6H4FNO2.ClH/c1-7-32(8-2)22-26-13-17-33(18-14-26)27-11-9-25(10-12-27)21-28(34)15-16-31(5)38(35,36)30-23(3)19-29(37-6)20-24(30)4;1-3-17(4-2)13-14-9-11-18(12-10-14)15-5-7-16(8-6-15)19(20)21;1-3-12(4-2)9-10-5-7-11-8-6-10;7-5-1-3-6(4-2-5)8(9)10;/h9-12,19-20,26H,7-8,13-18,21-22H2,1-6H3;5-8,14H,3-4,9-13H2,1-2H3;10-11H,3-9H2,1-2H3;1-4H;1H. The van der Waals surface area contributed by atoms with Gasteiger partial charge in [-0.3, -0.25) is 25.0 Å². The van der Waals surface area contributed by atoms with Gasteiger partial charge in [0.15, 0.2) is 0 Å². The van der Waals surface area contributed by atoms with E-state index in [9.17, 15) is 37.8 Å². The minimum Gasteiger partial charge on any atom is -0.497 e. The smallest absolute Gasteiger partial charge is 0.269 e. The molecule has 0 unspecified atom stereocenters. The van der Waals surface area contributed by atoms with Crippen LogP contribution in [0.25, 0.3) is 0 Å². The second kappa shape index (κ2) is 37.1. The molecule has 3 saturated heterocycles. The molecule has 7 rings (SSSR count). The number of non-ortho nitro benzene ring substituents is 2. The summed E-state index contributed by atoms with van der Waals surface area (Å²) in [6.45, 7) is 34.4. The van der Waals surface area contributed by atoms with Gasteiger partial charge in [-0.15, -0.1) is 12.4 Å². The van der Waals surface area contributed by atoms with Gasteiger partial charge in [0.1, 0.15) is 17.3 Å². The second-order valence-corrected chi connectivity index (χ2v) is 23.5. The van der Waals surface area contributed by atoms with Crippen molar-refractivity contribution in [2.75, 3.05) is 129 Å².